The zero-order chi connectivity index (χ0) is 14.3. The maximum atomic E-state index is 12.8. The van der Waals surface area contributed by atoms with Crippen LogP contribution in [0.25, 0.3) is 6.08 Å². The number of para-hydroxylation sites is 1. The van der Waals surface area contributed by atoms with E-state index >= 15 is 0 Å². The number of furan rings is 1. The van der Waals surface area contributed by atoms with Crippen molar-refractivity contribution in [3.63, 3.8) is 0 Å². The average Bonchev–Trinajstić information content (AvgIpc) is 2.88. The summed E-state index contributed by atoms with van der Waals surface area (Å²) >= 11 is 0. The number of sulfonamides is 1. The quantitative estimate of drug-likeness (QED) is 0.919. The van der Waals surface area contributed by atoms with Crippen LogP contribution in [0.5, 0.6) is 0 Å². The lowest BCUT2D eigenvalue weighted by atomic mass is 10.2. The predicted octanol–water partition coefficient (Wildman–Crippen LogP) is 2.18. The number of hydrogen-bond acceptors (Lipinski definition) is 4. The van der Waals surface area contributed by atoms with Crippen LogP contribution in [0.3, 0.4) is 0 Å². The first-order valence-corrected chi connectivity index (χ1v) is 7.61. The van der Waals surface area contributed by atoms with Crippen LogP contribution in [0.1, 0.15) is 12.7 Å². The normalized spacial score (nSPS) is 18.3. The van der Waals surface area contributed by atoms with E-state index in [1.807, 2.05) is 6.07 Å². The number of rotatable bonds is 2. The minimum Gasteiger partial charge on any atom is -0.463 e. The molecule has 0 fully saturated rings. The highest BCUT2D eigenvalue weighted by Crippen LogP contribution is 2.36. The van der Waals surface area contributed by atoms with Gasteiger partial charge in [-0.05, 0) is 25.1 Å². The molecule has 1 aliphatic heterocycles. The van der Waals surface area contributed by atoms with E-state index in [9.17, 15) is 8.42 Å². The summed E-state index contributed by atoms with van der Waals surface area (Å²) in [4.78, 5) is 0.158. The molecule has 1 atom stereocenters. The van der Waals surface area contributed by atoms with Crippen LogP contribution >= 0.6 is 0 Å². The molecule has 0 amide bonds. The van der Waals surface area contributed by atoms with E-state index in [2.05, 4.69) is 0 Å². The summed E-state index contributed by atoms with van der Waals surface area (Å²) in [5.74, 6) is 0.324. The van der Waals surface area contributed by atoms with Crippen molar-refractivity contribution in [2.75, 3.05) is 4.31 Å². The third kappa shape index (κ3) is 1.85. The molecule has 0 unspecified atom stereocenters. The van der Waals surface area contributed by atoms with Crippen LogP contribution in [-0.4, -0.2) is 14.5 Å². The van der Waals surface area contributed by atoms with E-state index in [1.165, 1.54) is 16.6 Å². The van der Waals surface area contributed by atoms with Gasteiger partial charge >= 0.3 is 0 Å². The van der Waals surface area contributed by atoms with E-state index < -0.39 is 16.1 Å². The van der Waals surface area contributed by atoms with Crippen molar-refractivity contribution in [3.8, 4) is 0 Å². The first-order chi connectivity index (χ1) is 9.51. The van der Waals surface area contributed by atoms with E-state index in [0.29, 0.717) is 17.1 Å². The largest absolute Gasteiger partial charge is 0.463 e. The summed E-state index contributed by atoms with van der Waals surface area (Å²) in [7, 11) is -3.70. The number of fused-ring (bicyclic) bond motifs is 1. The van der Waals surface area contributed by atoms with Gasteiger partial charge < -0.3 is 10.2 Å². The van der Waals surface area contributed by atoms with Crippen molar-refractivity contribution in [3.05, 3.63) is 54.1 Å². The van der Waals surface area contributed by atoms with Crippen LogP contribution < -0.4 is 10.0 Å². The summed E-state index contributed by atoms with van der Waals surface area (Å²) in [6.07, 6.45) is 3.04. The first-order valence-electron chi connectivity index (χ1n) is 6.17. The van der Waals surface area contributed by atoms with Crippen molar-refractivity contribution in [2.24, 2.45) is 5.73 Å². The molecular weight excluding hydrogens is 276 g/mol. The summed E-state index contributed by atoms with van der Waals surface area (Å²) < 4.78 is 32.0. The van der Waals surface area contributed by atoms with Crippen molar-refractivity contribution >= 4 is 21.8 Å². The van der Waals surface area contributed by atoms with Gasteiger partial charge in [-0.25, -0.2) is 12.7 Å². The number of anilines is 1. The highest BCUT2D eigenvalue weighted by atomic mass is 32.2. The zero-order valence-corrected chi connectivity index (χ0v) is 11.7. The second-order valence-electron chi connectivity index (χ2n) is 4.61. The Labute approximate surface area is 117 Å². The fourth-order valence-electron chi connectivity index (χ4n) is 2.23. The fourth-order valence-corrected chi connectivity index (χ4v) is 3.91. The molecule has 0 radical (unpaired) electrons. The minimum atomic E-state index is -3.70. The molecule has 2 heterocycles. The molecule has 3 rings (SSSR count). The average molecular weight is 290 g/mol. The van der Waals surface area contributed by atoms with E-state index in [4.69, 9.17) is 10.2 Å². The Balaban J connectivity index is 2.27. The predicted molar refractivity (Wildman–Crippen MR) is 76.4 cm³/mol. The number of hydrogen-bond donors (Lipinski definition) is 1. The van der Waals surface area contributed by atoms with Crippen LogP contribution in [0, 0.1) is 0 Å². The lowest BCUT2D eigenvalue weighted by molar-refractivity contribution is 0.541. The standard InChI is InChI=1S/C14H14N2O3S/c1-10(15)12-9-13-14(7-8-19-13)20(17,18)16(12)11-5-3-2-4-6-11/h2-10H,15H2,1H3/t10-/m0/s1. The number of benzene rings is 1. The van der Waals surface area contributed by atoms with Crippen molar-refractivity contribution < 1.29 is 12.8 Å². The van der Waals surface area contributed by atoms with Crippen LogP contribution in [0.2, 0.25) is 0 Å². The second-order valence-corrected chi connectivity index (χ2v) is 6.37. The Bertz CT molecular complexity index is 761. The molecule has 0 bridgehead atoms. The maximum absolute atomic E-state index is 12.8. The van der Waals surface area contributed by atoms with Gasteiger partial charge in [-0.1, -0.05) is 18.2 Å². The Kier molecular flexibility index (Phi) is 2.92. The van der Waals surface area contributed by atoms with Gasteiger partial charge in [0.25, 0.3) is 10.0 Å². The van der Waals surface area contributed by atoms with Crippen molar-refractivity contribution in [1.29, 1.82) is 0 Å². The maximum Gasteiger partial charge on any atom is 0.272 e. The lowest BCUT2D eigenvalue weighted by Crippen LogP contribution is -2.39. The molecule has 0 saturated heterocycles. The molecule has 6 heteroatoms. The summed E-state index contributed by atoms with van der Waals surface area (Å²) in [6, 6.07) is 9.89. The molecule has 2 aromatic rings. The highest BCUT2D eigenvalue weighted by molar-refractivity contribution is 7.93. The number of nitrogens with two attached hydrogens (primary N) is 1. The van der Waals surface area contributed by atoms with Crippen LogP contribution in [-0.2, 0) is 10.0 Å². The van der Waals surface area contributed by atoms with Gasteiger partial charge in [0.2, 0.25) is 0 Å². The molecule has 20 heavy (non-hydrogen) atoms. The Morgan fingerprint density at radius 3 is 2.55 bits per heavy atom. The molecule has 5 nitrogen and oxygen atoms in total. The molecule has 0 saturated carbocycles. The van der Waals surface area contributed by atoms with E-state index in [0.717, 1.165) is 0 Å². The fraction of sp³-hybridized carbons (Fsp3) is 0.143. The molecule has 1 aliphatic rings. The zero-order valence-electron chi connectivity index (χ0n) is 10.9. The third-order valence-corrected chi connectivity index (χ3v) is 4.94. The topological polar surface area (TPSA) is 76.5 Å². The van der Waals surface area contributed by atoms with Crippen molar-refractivity contribution in [1.82, 2.24) is 0 Å². The molecule has 2 N–H and O–H groups in total. The lowest BCUT2D eigenvalue weighted by Gasteiger charge is -2.31. The number of nitrogens with zero attached hydrogens (tertiary/aromatic N) is 1. The summed E-state index contributed by atoms with van der Waals surface area (Å²) in [6.45, 7) is 1.74. The minimum absolute atomic E-state index is 0.158. The summed E-state index contributed by atoms with van der Waals surface area (Å²) in [5.41, 5.74) is 6.97. The van der Waals surface area contributed by atoms with Gasteiger partial charge in [0.05, 0.1) is 17.6 Å². The third-order valence-electron chi connectivity index (χ3n) is 3.15. The van der Waals surface area contributed by atoms with Gasteiger partial charge in [-0.15, -0.1) is 0 Å². The molecule has 104 valence electrons. The summed E-state index contributed by atoms with van der Waals surface area (Å²) in [5, 5.41) is 0. The molecule has 1 aromatic carbocycles. The molecule has 0 spiro atoms. The van der Waals surface area contributed by atoms with Gasteiger partial charge in [0.15, 0.2) is 0 Å². The van der Waals surface area contributed by atoms with Crippen LogP contribution in [0.4, 0.5) is 5.69 Å². The Morgan fingerprint density at radius 1 is 1.20 bits per heavy atom. The van der Waals surface area contributed by atoms with Gasteiger partial charge in [0.1, 0.15) is 10.7 Å². The molecular formula is C14H14N2O3S. The first kappa shape index (κ1) is 13.0. The van der Waals surface area contributed by atoms with Crippen molar-refractivity contribution in [2.45, 2.75) is 17.9 Å². The van der Waals surface area contributed by atoms with Gasteiger partial charge in [0, 0.05) is 12.1 Å². The van der Waals surface area contributed by atoms with E-state index in [-0.39, 0.29) is 4.90 Å². The second kappa shape index (κ2) is 4.50. The smallest absolute Gasteiger partial charge is 0.272 e. The highest BCUT2D eigenvalue weighted by Gasteiger charge is 2.36. The van der Waals surface area contributed by atoms with Gasteiger partial charge in [-0.3, -0.25) is 0 Å². The SMILES string of the molecule is C[C@H](N)C1=Cc2occc2S(=O)(=O)N1c1ccccc1. The monoisotopic (exact) mass is 290 g/mol. The van der Waals surface area contributed by atoms with E-state index in [1.54, 1.807) is 37.3 Å². The van der Waals surface area contributed by atoms with Gasteiger partial charge in [-0.2, -0.15) is 0 Å². The molecule has 1 aromatic heterocycles. The molecule has 0 aliphatic carbocycles. The van der Waals surface area contributed by atoms with Crippen LogP contribution in [0.15, 0.2) is 57.7 Å². The Hall–Kier alpha value is -2.05. The Morgan fingerprint density at radius 2 is 1.90 bits per heavy atom.